The number of anilines is 1. The molecule has 7 nitrogen and oxygen atoms in total. The minimum atomic E-state index is -3.52. The summed E-state index contributed by atoms with van der Waals surface area (Å²) in [7, 11) is -6.98. The minimum Gasteiger partial charge on any atom is -0.270 e. The summed E-state index contributed by atoms with van der Waals surface area (Å²) < 4.78 is 53.8. The average molecular weight is 412 g/mol. The van der Waals surface area contributed by atoms with Crippen molar-refractivity contribution in [3.05, 3.63) is 23.8 Å². The van der Waals surface area contributed by atoms with E-state index < -0.39 is 20.0 Å². The fourth-order valence-corrected chi connectivity index (χ4v) is 6.86. The average Bonchev–Trinajstić information content (AvgIpc) is 3.10. The molecule has 2 aliphatic rings. The molecule has 0 amide bonds. The molecule has 1 aromatic rings. The minimum absolute atomic E-state index is 0.00193. The molecule has 9 heteroatoms. The predicted molar refractivity (Wildman–Crippen MR) is 103 cm³/mol. The lowest BCUT2D eigenvalue weighted by Crippen LogP contribution is -2.35. The molecule has 1 fully saturated rings. The maximum absolute atomic E-state index is 12.8. The van der Waals surface area contributed by atoms with Crippen LogP contribution >= 0.6 is 0 Å². The molecule has 27 heavy (non-hydrogen) atoms. The topological polar surface area (TPSA) is 98.5 Å². The van der Waals surface area contributed by atoms with Crippen molar-refractivity contribution >= 4 is 25.7 Å². The first-order chi connectivity index (χ1) is 12.9. The smallest absolute Gasteiger partial charge is 0.243 e. The molecular weight excluding hydrogens is 386 g/mol. The Hall–Kier alpha value is -1.63. The van der Waals surface area contributed by atoms with E-state index >= 15 is 0 Å². The van der Waals surface area contributed by atoms with Crippen LogP contribution in [0.4, 0.5) is 5.69 Å². The molecule has 0 spiro atoms. The van der Waals surface area contributed by atoms with Gasteiger partial charge in [-0.15, -0.1) is 0 Å². The SMILES string of the molecule is N#CCCCCS(=O)(=O)N1CCc2cc(S(=O)(=O)N3CCCCC3)ccc21. The van der Waals surface area contributed by atoms with Gasteiger partial charge in [0.1, 0.15) is 0 Å². The first kappa shape index (κ1) is 20.1. The van der Waals surface area contributed by atoms with Crippen LogP contribution in [-0.2, 0) is 26.5 Å². The van der Waals surface area contributed by atoms with Crippen molar-refractivity contribution in [1.82, 2.24) is 4.31 Å². The molecule has 1 aromatic carbocycles. The largest absolute Gasteiger partial charge is 0.270 e. The highest BCUT2D eigenvalue weighted by molar-refractivity contribution is 7.92. The number of benzene rings is 1. The van der Waals surface area contributed by atoms with Crippen molar-refractivity contribution in [2.45, 2.75) is 49.8 Å². The third kappa shape index (κ3) is 4.28. The Balaban J connectivity index is 1.78. The second-order valence-corrected chi connectivity index (χ2v) is 11.0. The number of hydrogen-bond acceptors (Lipinski definition) is 5. The number of hydrogen-bond donors (Lipinski definition) is 0. The summed E-state index contributed by atoms with van der Waals surface area (Å²) in [5.74, 6) is 0.00193. The summed E-state index contributed by atoms with van der Waals surface area (Å²) in [6.07, 6.45) is 4.67. The molecule has 148 valence electrons. The van der Waals surface area contributed by atoms with Gasteiger partial charge in [-0.1, -0.05) is 6.42 Å². The van der Waals surface area contributed by atoms with Gasteiger partial charge in [0.05, 0.1) is 22.4 Å². The molecule has 0 saturated carbocycles. The monoisotopic (exact) mass is 411 g/mol. The van der Waals surface area contributed by atoms with E-state index in [0.717, 1.165) is 24.8 Å². The van der Waals surface area contributed by atoms with Crippen LogP contribution in [0.2, 0.25) is 0 Å². The zero-order valence-electron chi connectivity index (χ0n) is 15.3. The summed E-state index contributed by atoms with van der Waals surface area (Å²) >= 11 is 0. The van der Waals surface area contributed by atoms with Gasteiger partial charge in [0, 0.05) is 26.1 Å². The van der Waals surface area contributed by atoms with Crippen LogP contribution in [0.3, 0.4) is 0 Å². The van der Waals surface area contributed by atoms with E-state index in [1.807, 2.05) is 6.07 Å². The lowest BCUT2D eigenvalue weighted by molar-refractivity contribution is 0.346. The number of piperidine rings is 1. The second-order valence-electron chi connectivity index (χ2n) is 7.01. The van der Waals surface area contributed by atoms with Gasteiger partial charge in [-0.25, -0.2) is 16.8 Å². The first-order valence-corrected chi connectivity index (χ1v) is 12.4. The predicted octanol–water partition coefficient (Wildman–Crippen LogP) is 2.25. The number of unbranched alkanes of at least 4 members (excludes halogenated alkanes) is 2. The van der Waals surface area contributed by atoms with Crippen molar-refractivity contribution in [1.29, 1.82) is 5.26 Å². The Labute approximate surface area is 161 Å². The summed E-state index contributed by atoms with van der Waals surface area (Å²) in [4.78, 5) is 0.247. The normalized spacial score (nSPS) is 18.3. The van der Waals surface area contributed by atoms with Gasteiger partial charge >= 0.3 is 0 Å². The van der Waals surface area contributed by atoms with Crippen molar-refractivity contribution in [3.8, 4) is 6.07 Å². The van der Waals surface area contributed by atoms with Gasteiger partial charge in [0.15, 0.2) is 0 Å². The van der Waals surface area contributed by atoms with E-state index in [1.54, 1.807) is 12.1 Å². The molecule has 3 rings (SSSR count). The summed E-state index contributed by atoms with van der Waals surface area (Å²) in [6.45, 7) is 1.42. The van der Waals surface area contributed by atoms with Crippen molar-refractivity contribution in [3.63, 3.8) is 0 Å². The molecule has 0 bridgehead atoms. The lowest BCUT2D eigenvalue weighted by Gasteiger charge is -2.26. The number of fused-ring (bicyclic) bond motifs is 1. The van der Waals surface area contributed by atoms with Gasteiger partial charge in [0.25, 0.3) is 0 Å². The third-order valence-corrected chi connectivity index (χ3v) is 8.88. The van der Waals surface area contributed by atoms with Crippen molar-refractivity contribution in [2.75, 3.05) is 29.7 Å². The molecule has 2 aliphatic heterocycles. The van der Waals surface area contributed by atoms with Crippen LogP contribution in [0.1, 0.15) is 44.1 Å². The van der Waals surface area contributed by atoms with Crippen LogP contribution in [0.15, 0.2) is 23.1 Å². The number of sulfonamides is 2. The van der Waals surface area contributed by atoms with Gasteiger partial charge in [0.2, 0.25) is 20.0 Å². The molecule has 0 atom stereocenters. The van der Waals surface area contributed by atoms with Crippen LogP contribution in [0.5, 0.6) is 0 Å². The van der Waals surface area contributed by atoms with Crippen molar-refractivity contribution in [2.24, 2.45) is 0 Å². The van der Waals surface area contributed by atoms with E-state index in [2.05, 4.69) is 0 Å². The number of nitrogens with zero attached hydrogens (tertiary/aromatic N) is 3. The highest BCUT2D eigenvalue weighted by atomic mass is 32.2. The zero-order valence-corrected chi connectivity index (χ0v) is 16.9. The third-order valence-electron chi connectivity index (χ3n) is 5.13. The molecule has 0 radical (unpaired) electrons. The summed E-state index contributed by atoms with van der Waals surface area (Å²) in [5.41, 5.74) is 1.33. The van der Waals surface area contributed by atoms with Crippen LogP contribution in [-0.4, -0.2) is 46.5 Å². The van der Waals surface area contributed by atoms with E-state index in [1.165, 1.54) is 14.7 Å². The molecule has 0 aliphatic carbocycles. The highest BCUT2D eigenvalue weighted by Gasteiger charge is 2.32. The number of nitriles is 1. The molecular formula is C18H25N3O4S2. The standard InChI is InChI=1S/C18H25N3O4S2/c19-10-3-1-6-14-26(22,23)21-13-9-16-15-17(7-8-18(16)21)27(24,25)20-11-4-2-5-12-20/h7-8,15H,1-6,9,11-14H2. The maximum atomic E-state index is 12.8. The Morgan fingerprint density at radius 3 is 2.44 bits per heavy atom. The molecule has 0 unspecified atom stereocenters. The fraction of sp³-hybridized carbons (Fsp3) is 0.611. The van der Waals surface area contributed by atoms with Gasteiger partial charge in [-0.05, 0) is 55.9 Å². The van der Waals surface area contributed by atoms with E-state index in [0.29, 0.717) is 51.0 Å². The summed E-state index contributed by atoms with van der Waals surface area (Å²) in [6, 6.07) is 6.78. The lowest BCUT2D eigenvalue weighted by atomic mass is 10.2. The van der Waals surface area contributed by atoms with Gasteiger partial charge in [-0.2, -0.15) is 9.57 Å². The van der Waals surface area contributed by atoms with E-state index in [4.69, 9.17) is 5.26 Å². The molecule has 0 N–H and O–H groups in total. The molecule has 1 saturated heterocycles. The highest BCUT2D eigenvalue weighted by Crippen LogP contribution is 2.33. The van der Waals surface area contributed by atoms with Gasteiger partial charge < -0.3 is 0 Å². The second kappa shape index (κ2) is 8.17. The Morgan fingerprint density at radius 1 is 1.00 bits per heavy atom. The van der Waals surface area contributed by atoms with Crippen molar-refractivity contribution < 1.29 is 16.8 Å². The molecule has 0 aromatic heterocycles. The van der Waals surface area contributed by atoms with Crippen LogP contribution < -0.4 is 4.31 Å². The van der Waals surface area contributed by atoms with Crippen LogP contribution in [0, 0.1) is 11.3 Å². The quantitative estimate of drug-likeness (QED) is 0.641. The zero-order chi connectivity index (χ0) is 19.5. The number of rotatable bonds is 7. The van der Waals surface area contributed by atoms with Crippen LogP contribution in [0.25, 0.3) is 0 Å². The first-order valence-electron chi connectivity index (χ1n) is 9.37. The Bertz CT molecular complexity index is 930. The summed E-state index contributed by atoms with van der Waals surface area (Å²) in [5, 5.41) is 8.56. The Morgan fingerprint density at radius 2 is 1.74 bits per heavy atom. The maximum Gasteiger partial charge on any atom is 0.243 e. The van der Waals surface area contributed by atoms with Gasteiger partial charge in [-0.3, -0.25) is 4.31 Å². The Kier molecular flexibility index (Phi) is 6.08. The fourth-order valence-electron chi connectivity index (χ4n) is 3.65. The van der Waals surface area contributed by atoms with E-state index in [9.17, 15) is 16.8 Å². The molecule has 2 heterocycles. The van der Waals surface area contributed by atoms with E-state index in [-0.39, 0.29) is 10.6 Å².